The Morgan fingerprint density at radius 3 is 2.78 bits per heavy atom. The van der Waals surface area contributed by atoms with Gasteiger partial charge in [-0.2, -0.15) is 10.2 Å². The molecule has 1 heterocycles. The third-order valence-corrected chi connectivity index (χ3v) is 2.46. The molecule has 0 amide bonds. The fourth-order valence-corrected chi connectivity index (χ4v) is 1.56. The van der Waals surface area contributed by atoms with E-state index in [1.807, 2.05) is 6.07 Å². The van der Waals surface area contributed by atoms with E-state index in [0.29, 0.717) is 22.7 Å². The zero-order valence-electron chi connectivity index (χ0n) is 9.51. The van der Waals surface area contributed by atoms with Gasteiger partial charge in [0.2, 0.25) is 11.2 Å². The zero-order valence-corrected chi connectivity index (χ0v) is 10.3. The molecular weight excluding hydrogens is 252 g/mol. The average Bonchev–Trinajstić information content (AvgIpc) is 2.36. The Morgan fingerprint density at radius 1 is 1.33 bits per heavy atom. The van der Waals surface area contributed by atoms with Gasteiger partial charge in [-0.1, -0.05) is 12.1 Å². The van der Waals surface area contributed by atoms with Crippen molar-refractivity contribution in [1.29, 1.82) is 5.26 Å². The maximum atomic E-state index is 8.95. The predicted molar refractivity (Wildman–Crippen MR) is 67.4 cm³/mol. The Balaban J connectivity index is 2.44. The molecule has 0 aliphatic heterocycles. The van der Waals surface area contributed by atoms with Gasteiger partial charge < -0.3 is 10.5 Å². The fraction of sp³-hybridized carbons (Fsp3) is 0.0833. The molecule has 2 N–H and O–H groups in total. The average molecular weight is 261 g/mol. The van der Waals surface area contributed by atoms with Gasteiger partial charge in [0.15, 0.2) is 0 Å². The first-order valence-electron chi connectivity index (χ1n) is 5.08. The van der Waals surface area contributed by atoms with Crippen LogP contribution in [0.2, 0.25) is 5.28 Å². The van der Waals surface area contributed by atoms with E-state index in [4.69, 9.17) is 27.3 Å². The van der Waals surface area contributed by atoms with E-state index in [1.165, 1.54) is 0 Å². The summed E-state index contributed by atoms with van der Waals surface area (Å²) < 4.78 is 5.51. The second kappa shape index (κ2) is 4.90. The number of anilines is 1. The Kier molecular flexibility index (Phi) is 3.31. The molecule has 0 fully saturated rings. The van der Waals surface area contributed by atoms with Crippen LogP contribution in [-0.4, -0.2) is 9.97 Å². The van der Waals surface area contributed by atoms with E-state index in [0.717, 1.165) is 0 Å². The molecular formula is C12H9ClN4O. The standard InChI is InChI=1S/C12H9ClN4O/c1-7-10(15)11(17-12(13)16-7)18-9-5-3-2-4-8(9)6-14/h2-5H,15H2,1H3. The van der Waals surface area contributed by atoms with Crippen molar-refractivity contribution < 1.29 is 4.74 Å². The zero-order chi connectivity index (χ0) is 13.1. The third-order valence-electron chi connectivity index (χ3n) is 2.29. The second-order valence-corrected chi connectivity index (χ2v) is 3.84. The second-order valence-electron chi connectivity index (χ2n) is 3.51. The van der Waals surface area contributed by atoms with Crippen LogP contribution in [0.25, 0.3) is 0 Å². The summed E-state index contributed by atoms with van der Waals surface area (Å²) in [7, 11) is 0. The summed E-state index contributed by atoms with van der Waals surface area (Å²) in [5, 5.41) is 9.00. The van der Waals surface area contributed by atoms with Crippen molar-refractivity contribution in [3.8, 4) is 17.7 Å². The van der Waals surface area contributed by atoms with Crippen LogP contribution < -0.4 is 10.5 Å². The smallest absolute Gasteiger partial charge is 0.247 e. The SMILES string of the molecule is Cc1nc(Cl)nc(Oc2ccccc2C#N)c1N. The van der Waals surface area contributed by atoms with Gasteiger partial charge in [0.05, 0.1) is 11.3 Å². The van der Waals surface area contributed by atoms with Crippen LogP contribution in [-0.2, 0) is 0 Å². The number of nitrogens with zero attached hydrogens (tertiary/aromatic N) is 3. The molecule has 0 unspecified atom stereocenters. The molecule has 0 spiro atoms. The minimum Gasteiger partial charge on any atom is -0.436 e. The van der Waals surface area contributed by atoms with E-state index < -0.39 is 0 Å². The molecule has 0 radical (unpaired) electrons. The van der Waals surface area contributed by atoms with Crippen molar-refractivity contribution in [1.82, 2.24) is 9.97 Å². The number of aromatic nitrogens is 2. The lowest BCUT2D eigenvalue weighted by Crippen LogP contribution is -2.01. The lowest BCUT2D eigenvalue weighted by molar-refractivity contribution is 0.462. The number of aryl methyl sites for hydroxylation is 1. The number of hydrogen-bond donors (Lipinski definition) is 1. The number of hydrogen-bond acceptors (Lipinski definition) is 5. The molecule has 0 aliphatic rings. The fourth-order valence-electron chi connectivity index (χ4n) is 1.35. The van der Waals surface area contributed by atoms with Gasteiger partial charge in [0.1, 0.15) is 17.5 Å². The Bertz CT molecular complexity index is 636. The number of para-hydroxylation sites is 1. The van der Waals surface area contributed by atoms with E-state index in [-0.39, 0.29) is 11.2 Å². The maximum absolute atomic E-state index is 8.95. The first kappa shape index (κ1) is 12.1. The van der Waals surface area contributed by atoms with E-state index in [1.54, 1.807) is 31.2 Å². The van der Waals surface area contributed by atoms with E-state index >= 15 is 0 Å². The van der Waals surface area contributed by atoms with Crippen LogP contribution in [0.3, 0.4) is 0 Å². The first-order valence-corrected chi connectivity index (χ1v) is 5.46. The minimum absolute atomic E-state index is 0.0474. The summed E-state index contributed by atoms with van der Waals surface area (Å²) in [4.78, 5) is 7.80. The van der Waals surface area contributed by atoms with Crippen molar-refractivity contribution in [3.63, 3.8) is 0 Å². The van der Waals surface area contributed by atoms with Crippen LogP contribution in [0, 0.1) is 18.3 Å². The largest absolute Gasteiger partial charge is 0.436 e. The van der Waals surface area contributed by atoms with Gasteiger partial charge in [0, 0.05) is 0 Å². The molecule has 5 nitrogen and oxygen atoms in total. The predicted octanol–water partition coefficient (Wildman–Crippen LogP) is 2.68. The van der Waals surface area contributed by atoms with Gasteiger partial charge in [-0.25, -0.2) is 4.98 Å². The highest BCUT2D eigenvalue weighted by atomic mass is 35.5. The van der Waals surface area contributed by atoms with Crippen molar-refractivity contribution in [2.24, 2.45) is 0 Å². The summed E-state index contributed by atoms with van der Waals surface area (Å²) in [5.41, 5.74) is 7.02. The third kappa shape index (κ3) is 2.34. The van der Waals surface area contributed by atoms with Gasteiger partial charge in [-0.3, -0.25) is 0 Å². The van der Waals surface area contributed by atoms with Crippen LogP contribution in [0.5, 0.6) is 11.6 Å². The van der Waals surface area contributed by atoms with Crippen LogP contribution in [0.1, 0.15) is 11.3 Å². The molecule has 6 heteroatoms. The molecule has 0 saturated heterocycles. The highest BCUT2D eigenvalue weighted by molar-refractivity contribution is 6.28. The van der Waals surface area contributed by atoms with Crippen LogP contribution in [0.15, 0.2) is 24.3 Å². The summed E-state index contributed by atoms with van der Waals surface area (Å²) >= 11 is 5.74. The molecule has 0 saturated carbocycles. The van der Waals surface area contributed by atoms with Crippen molar-refractivity contribution in [2.45, 2.75) is 6.92 Å². The maximum Gasteiger partial charge on any atom is 0.247 e. The van der Waals surface area contributed by atoms with Gasteiger partial charge >= 0.3 is 0 Å². The topological polar surface area (TPSA) is 84.8 Å². The van der Waals surface area contributed by atoms with Crippen molar-refractivity contribution >= 4 is 17.3 Å². The van der Waals surface area contributed by atoms with Crippen LogP contribution >= 0.6 is 11.6 Å². The molecule has 0 aliphatic carbocycles. The molecule has 0 bridgehead atoms. The number of halogens is 1. The monoisotopic (exact) mass is 260 g/mol. The lowest BCUT2D eigenvalue weighted by atomic mass is 10.2. The first-order chi connectivity index (χ1) is 8.61. The van der Waals surface area contributed by atoms with E-state index in [2.05, 4.69) is 9.97 Å². The molecule has 2 aromatic rings. The Hall–Kier alpha value is -2.32. The minimum atomic E-state index is 0.0474. The molecule has 0 atom stereocenters. The molecule has 90 valence electrons. The number of nitriles is 1. The summed E-state index contributed by atoms with van der Waals surface area (Å²) in [6.07, 6.45) is 0. The van der Waals surface area contributed by atoms with E-state index in [9.17, 15) is 0 Å². The molecule has 1 aromatic heterocycles. The molecule has 2 rings (SSSR count). The molecule has 18 heavy (non-hydrogen) atoms. The highest BCUT2D eigenvalue weighted by Gasteiger charge is 2.12. The summed E-state index contributed by atoms with van der Waals surface area (Å²) in [6, 6.07) is 8.81. The number of ether oxygens (including phenoxy) is 1. The van der Waals surface area contributed by atoms with Gasteiger partial charge in [-0.05, 0) is 30.7 Å². The quantitative estimate of drug-likeness (QED) is 0.839. The number of rotatable bonds is 2. The van der Waals surface area contributed by atoms with Gasteiger partial charge in [0.25, 0.3) is 0 Å². The van der Waals surface area contributed by atoms with Gasteiger partial charge in [-0.15, -0.1) is 0 Å². The summed E-state index contributed by atoms with van der Waals surface area (Å²) in [5.74, 6) is 0.524. The summed E-state index contributed by atoms with van der Waals surface area (Å²) in [6.45, 7) is 1.70. The number of nitrogens with two attached hydrogens (primary N) is 1. The van der Waals surface area contributed by atoms with Crippen LogP contribution in [0.4, 0.5) is 5.69 Å². The van der Waals surface area contributed by atoms with Crippen molar-refractivity contribution in [2.75, 3.05) is 5.73 Å². The highest BCUT2D eigenvalue weighted by Crippen LogP contribution is 2.29. The Labute approximate surface area is 109 Å². The lowest BCUT2D eigenvalue weighted by Gasteiger charge is -2.09. The number of benzene rings is 1. The molecule has 1 aromatic carbocycles. The Morgan fingerprint density at radius 2 is 2.06 bits per heavy atom. The van der Waals surface area contributed by atoms with Crippen molar-refractivity contribution in [3.05, 3.63) is 40.8 Å². The number of nitrogen functional groups attached to an aromatic ring is 1. The normalized spacial score (nSPS) is 9.83.